The summed E-state index contributed by atoms with van der Waals surface area (Å²) in [4.78, 5) is 0. The van der Waals surface area contributed by atoms with E-state index in [1.165, 1.54) is 10.4 Å². The zero-order valence-electron chi connectivity index (χ0n) is 16.3. The third-order valence-corrected chi connectivity index (χ3v) is 10.2. The molecule has 2 aromatic rings. The molecule has 2 aromatic carbocycles. The van der Waals surface area contributed by atoms with Crippen molar-refractivity contribution in [3.8, 4) is 11.8 Å². The Morgan fingerprint density at radius 1 is 0.962 bits per heavy atom. The highest BCUT2D eigenvalue weighted by Gasteiger charge is 2.51. The third-order valence-electron chi connectivity index (χ3n) is 4.55. The average molecular weight is 476 g/mol. The minimum atomic E-state index is -2.51. The second kappa shape index (κ2) is 9.73. The fourth-order valence-electron chi connectivity index (χ4n) is 3.38. The van der Waals surface area contributed by atoms with E-state index in [1.807, 2.05) is 0 Å². The first kappa shape index (κ1) is 21.2. The van der Waals surface area contributed by atoms with Gasteiger partial charge in [-0.3, -0.25) is 0 Å². The molecule has 0 aliphatic rings. The van der Waals surface area contributed by atoms with E-state index in [4.69, 9.17) is 4.43 Å². The van der Waals surface area contributed by atoms with Gasteiger partial charge in [0.05, 0.1) is 0 Å². The monoisotopic (exact) mass is 476 g/mol. The summed E-state index contributed by atoms with van der Waals surface area (Å²) in [5.74, 6) is 6.65. The van der Waals surface area contributed by atoms with Crippen LogP contribution in [0.25, 0.3) is 0 Å². The smallest absolute Gasteiger partial charge is 0.262 e. The lowest BCUT2D eigenvalue weighted by molar-refractivity contribution is 0.239. The van der Waals surface area contributed by atoms with Crippen molar-refractivity contribution in [3.05, 3.63) is 60.7 Å². The molecule has 0 spiro atoms. The molecule has 2 rings (SSSR count). The number of hydrogen-bond donors (Lipinski definition) is 0. The molecule has 0 aromatic heterocycles. The van der Waals surface area contributed by atoms with Gasteiger partial charge in [-0.15, -0.1) is 5.92 Å². The number of hydrogen-bond acceptors (Lipinski definition) is 1. The maximum absolute atomic E-state index is 7.08. The molecule has 0 heterocycles. The first-order valence-corrected chi connectivity index (χ1v) is 12.7. The second-order valence-electron chi connectivity index (χ2n) is 7.42. The van der Waals surface area contributed by atoms with Crippen molar-refractivity contribution in [2.75, 3.05) is 4.43 Å². The summed E-state index contributed by atoms with van der Waals surface area (Å²) in [6, 6.07) is 21.6. The van der Waals surface area contributed by atoms with E-state index < -0.39 is 8.32 Å². The lowest BCUT2D eigenvalue weighted by Gasteiger charge is -2.44. The Hall–Kier alpha value is -1.09. The van der Waals surface area contributed by atoms with Gasteiger partial charge in [-0.2, -0.15) is 0 Å². The summed E-state index contributed by atoms with van der Waals surface area (Å²) >= 11 is 2.42. The van der Waals surface area contributed by atoms with Crippen LogP contribution in [0, 0.1) is 11.8 Å². The summed E-state index contributed by atoms with van der Waals surface area (Å²) in [5, 5.41) is 2.62. The molecule has 1 atom stereocenters. The summed E-state index contributed by atoms with van der Waals surface area (Å²) in [7, 11) is -2.51. The maximum atomic E-state index is 7.08. The number of benzene rings is 2. The van der Waals surface area contributed by atoms with Crippen molar-refractivity contribution in [3.63, 3.8) is 0 Å². The molecule has 138 valence electrons. The molecule has 0 N–H and O–H groups in total. The van der Waals surface area contributed by atoms with E-state index in [2.05, 4.69) is 123 Å². The molecular formula is C23H29IOSi. The van der Waals surface area contributed by atoms with E-state index in [9.17, 15) is 0 Å². The summed E-state index contributed by atoms with van der Waals surface area (Å²) in [6.07, 6.45) is 1.79. The van der Waals surface area contributed by atoms with Gasteiger partial charge in [0.25, 0.3) is 8.32 Å². The Kier molecular flexibility index (Phi) is 7.94. The van der Waals surface area contributed by atoms with Crippen molar-refractivity contribution >= 4 is 41.3 Å². The Bertz CT molecular complexity index is 686. The van der Waals surface area contributed by atoms with Crippen molar-refractivity contribution in [1.29, 1.82) is 0 Å². The van der Waals surface area contributed by atoms with E-state index in [-0.39, 0.29) is 11.1 Å². The van der Waals surface area contributed by atoms with Crippen LogP contribution < -0.4 is 10.4 Å². The quantitative estimate of drug-likeness (QED) is 0.242. The Balaban J connectivity index is 2.67. The van der Waals surface area contributed by atoms with Crippen LogP contribution in [0.5, 0.6) is 0 Å². The molecule has 26 heavy (non-hydrogen) atoms. The summed E-state index contributed by atoms with van der Waals surface area (Å²) in [6.45, 7) is 9.03. The van der Waals surface area contributed by atoms with E-state index in [0.717, 1.165) is 17.3 Å². The average Bonchev–Trinajstić information content (AvgIpc) is 2.64. The topological polar surface area (TPSA) is 9.23 Å². The number of alkyl halides is 1. The van der Waals surface area contributed by atoms with Gasteiger partial charge >= 0.3 is 0 Å². The first-order chi connectivity index (χ1) is 12.5. The fraction of sp³-hybridized carbons (Fsp3) is 0.391. The van der Waals surface area contributed by atoms with Crippen molar-refractivity contribution in [2.45, 2.75) is 51.7 Å². The molecule has 0 aliphatic carbocycles. The van der Waals surface area contributed by atoms with E-state index in [1.54, 1.807) is 0 Å². The number of halogens is 1. The molecule has 0 saturated heterocycles. The maximum Gasteiger partial charge on any atom is 0.262 e. The molecule has 0 saturated carbocycles. The van der Waals surface area contributed by atoms with E-state index in [0.29, 0.717) is 0 Å². The standard InChI is InChI=1S/C23H29IOSi/c1-5-6-13-20(18-19-24)25-26(23(2,3)4,21-14-9-7-10-15-21)22-16-11-8-12-17-22/h7-12,14-17,20H,5,18-19H2,1-4H3. The van der Waals surface area contributed by atoms with Gasteiger partial charge in [-0.05, 0) is 21.8 Å². The van der Waals surface area contributed by atoms with Crippen LogP contribution in [0.3, 0.4) is 0 Å². The second-order valence-corrected chi connectivity index (χ2v) is 12.8. The van der Waals surface area contributed by atoms with Gasteiger partial charge in [0.1, 0.15) is 6.10 Å². The predicted octanol–water partition coefficient (Wildman–Crippen LogP) is 5.17. The molecule has 3 heteroatoms. The normalized spacial score (nSPS) is 13.0. The van der Waals surface area contributed by atoms with Gasteiger partial charge < -0.3 is 4.43 Å². The fourth-order valence-corrected chi connectivity index (χ4v) is 8.56. The lowest BCUT2D eigenvalue weighted by Crippen LogP contribution is -2.67. The van der Waals surface area contributed by atoms with Crippen molar-refractivity contribution in [1.82, 2.24) is 0 Å². The highest BCUT2D eigenvalue weighted by molar-refractivity contribution is 14.1. The van der Waals surface area contributed by atoms with Crippen LogP contribution in [0.1, 0.15) is 40.5 Å². The largest absolute Gasteiger partial charge is 0.394 e. The van der Waals surface area contributed by atoms with Gasteiger partial charge in [-0.1, -0.05) is 117 Å². The Morgan fingerprint density at radius 2 is 1.46 bits per heavy atom. The van der Waals surface area contributed by atoms with Crippen LogP contribution in [-0.4, -0.2) is 18.8 Å². The Labute approximate surface area is 173 Å². The molecule has 1 unspecified atom stereocenters. The minimum Gasteiger partial charge on any atom is -0.394 e. The highest BCUT2D eigenvalue weighted by atomic mass is 127. The van der Waals surface area contributed by atoms with Gasteiger partial charge in [0.15, 0.2) is 0 Å². The van der Waals surface area contributed by atoms with Crippen LogP contribution in [0.15, 0.2) is 60.7 Å². The molecule has 0 radical (unpaired) electrons. The predicted molar refractivity (Wildman–Crippen MR) is 124 cm³/mol. The molecule has 0 bridgehead atoms. The first-order valence-electron chi connectivity index (χ1n) is 9.29. The van der Waals surface area contributed by atoms with Crippen LogP contribution >= 0.6 is 22.6 Å². The summed E-state index contributed by atoms with van der Waals surface area (Å²) in [5.41, 5.74) is 0. The van der Waals surface area contributed by atoms with Gasteiger partial charge in [0.2, 0.25) is 0 Å². The molecule has 0 fully saturated rings. The summed E-state index contributed by atoms with van der Waals surface area (Å²) < 4.78 is 8.12. The van der Waals surface area contributed by atoms with Crippen LogP contribution in [0.2, 0.25) is 5.04 Å². The van der Waals surface area contributed by atoms with Gasteiger partial charge in [-0.25, -0.2) is 0 Å². The van der Waals surface area contributed by atoms with Crippen molar-refractivity contribution < 1.29 is 4.43 Å². The van der Waals surface area contributed by atoms with Gasteiger partial charge in [0, 0.05) is 10.8 Å². The van der Waals surface area contributed by atoms with Crippen LogP contribution in [0.4, 0.5) is 0 Å². The minimum absolute atomic E-state index is 0.00682. The molecule has 0 aliphatic heterocycles. The zero-order valence-corrected chi connectivity index (χ0v) is 19.4. The SMILES string of the molecule is CCC#CC(CCI)O[Si](c1ccccc1)(c1ccccc1)C(C)(C)C. The van der Waals surface area contributed by atoms with Crippen LogP contribution in [-0.2, 0) is 4.43 Å². The third kappa shape index (κ3) is 4.79. The van der Waals surface area contributed by atoms with E-state index >= 15 is 0 Å². The van der Waals surface area contributed by atoms with Crippen molar-refractivity contribution in [2.24, 2.45) is 0 Å². The lowest BCUT2D eigenvalue weighted by atomic mass is 10.2. The number of rotatable bonds is 6. The molecule has 0 amide bonds. The molecule has 1 nitrogen and oxygen atoms in total. The highest BCUT2D eigenvalue weighted by Crippen LogP contribution is 2.37. The molecular weight excluding hydrogens is 447 g/mol. The Morgan fingerprint density at radius 3 is 1.85 bits per heavy atom. The zero-order chi connectivity index (χ0) is 19.0.